The quantitative estimate of drug-likeness (QED) is 0.896. The lowest BCUT2D eigenvalue weighted by atomic mass is 10.1. The summed E-state index contributed by atoms with van der Waals surface area (Å²) in [6.45, 7) is 0.775. The third kappa shape index (κ3) is 3.35. The Morgan fingerprint density at radius 3 is 2.71 bits per heavy atom. The second-order valence-electron chi connectivity index (χ2n) is 3.58. The van der Waals surface area contributed by atoms with Crippen molar-refractivity contribution in [3.63, 3.8) is 0 Å². The summed E-state index contributed by atoms with van der Waals surface area (Å²) in [5.41, 5.74) is 5.54. The molecule has 1 aromatic rings. The van der Waals surface area contributed by atoms with E-state index in [9.17, 15) is 0 Å². The molecule has 0 radical (unpaired) electrons. The van der Waals surface area contributed by atoms with E-state index >= 15 is 0 Å². The zero-order chi connectivity index (χ0) is 10.6. The largest absolute Gasteiger partial charge is 0.330 e. The van der Waals surface area contributed by atoms with Crippen LogP contribution in [-0.2, 0) is 0 Å². The van der Waals surface area contributed by atoms with Crippen molar-refractivity contribution in [3.8, 4) is 0 Å². The van der Waals surface area contributed by atoms with Crippen molar-refractivity contribution in [2.45, 2.75) is 18.9 Å². The van der Waals surface area contributed by atoms with Crippen LogP contribution >= 0.6 is 27.3 Å². The van der Waals surface area contributed by atoms with E-state index in [0.717, 1.165) is 19.4 Å². The van der Waals surface area contributed by atoms with Gasteiger partial charge >= 0.3 is 0 Å². The molecule has 0 aromatic carbocycles. The molecular weight excluding hydrogens is 260 g/mol. The number of rotatable bonds is 5. The molecule has 0 saturated heterocycles. The molecule has 0 aliphatic rings. The van der Waals surface area contributed by atoms with Crippen LogP contribution in [0, 0.1) is 0 Å². The number of hydrogen-bond acceptors (Lipinski definition) is 3. The van der Waals surface area contributed by atoms with Crippen molar-refractivity contribution in [1.29, 1.82) is 0 Å². The number of hydrogen-bond donors (Lipinski definition) is 1. The highest BCUT2D eigenvalue weighted by molar-refractivity contribution is 9.10. The Hall–Kier alpha value is 0.1000. The predicted octanol–water partition coefficient (Wildman–Crippen LogP) is 2.85. The fourth-order valence-electron chi connectivity index (χ4n) is 1.47. The van der Waals surface area contributed by atoms with Gasteiger partial charge in [-0.2, -0.15) is 0 Å². The van der Waals surface area contributed by atoms with Gasteiger partial charge in [0.05, 0.1) is 0 Å². The fourth-order valence-corrected chi connectivity index (χ4v) is 3.15. The molecule has 80 valence electrons. The first-order valence-corrected chi connectivity index (χ1v) is 6.43. The Kier molecular flexibility index (Phi) is 5.09. The third-order valence-corrected chi connectivity index (χ3v) is 4.02. The molecule has 0 amide bonds. The fraction of sp³-hybridized carbons (Fsp3) is 0.600. The Morgan fingerprint density at radius 2 is 2.29 bits per heavy atom. The van der Waals surface area contributed by atoms with Crippen LogP contribution in [0.1, 0.15) is 23.8 Å². The average molecular weight is 277 g/mol. The van der Waals surface area contributed by atoms with Crippen LogP contribution in [-0.4, -0.2) is 25.5 Å². The molecule has 0 aliphatic carbocycles. The molecule has 14 heavy (non-hydrogen) atoms. The molecule has 4 heteroatoms. The van der Waals surface area contributed by atoms with Crippen molar-refractivity contribution in [1.82, 2.24) is 4.90 Å². The molecule has 1 rings (SSSR count). The molecule has 1 aromatic heterocycles. The number of halogens is 1. The highest BCUT2D eigenvalue weighted by Crippen LogP contribution is 2.30. The van der Waals surface area contributed by atoms with Crippen molar-refractivity contribution >= 4 is 27.3 Å². The van der Waals surface area contributed by atoms with E-state index in [1.54, 1.807) is 0 Å². The van der Waals surface area contributed by atoms with Crippen LogP contribution in [0.2, 0.25) is 0 Å². The van der Waals surface area contributed by atoms with Crippen molar-refractivity contribution < 1.29 is 0 Å². The number of nitrogens with two attached hydrogens (primary N) is 1. The van der Waals surface area contributed by atoms with E-state index in [-0.39, 0.29) is 0 Å². The predicted molar refractivity (Wildman–Crippen MR) is 66.7 cm³/mol. The van der Waals surface area contributed by atoms with Gasteiger partial charge in [-0.25, -0.2) is 0 Å². The molecule has 0 fully saturated rings. The van der Waals surface area contributed by atoms with Crippen molar-refractivity contribution in [2.24, 2.45) is 5.73 Å². The number of thiophene rings is 1. The first kappa shape index (κ1) is 12.2. The van der Waals surface area contributed by atoms with Gasteiger partial charge in [0.25, 0.3) is 0 Å². The van der Waals surface area contributed by atoms with Gasteiger partial charge in [0.1, 0.15) is 0 Å². The highest BCUT2D eigenvalue weighted by atomic mass is 79.9. The molecular formula is C10H17BrN2S. The van der Waals surface area contributed by atoms with Gasteiger partial charge in [0.15, 0.2) is 0 Å². The lowest BCUT2D eigenvalue weighted by Crippen LogP contribution is -2.19. The Balaban J connectivity index is 2.67. The Morgan fingerprint density at radius 1 is 1.57 bits per heavy atom. The molecule has 1 heterocycles. The first-order valence-electron chi connectivity index (χ1n) is 4.75. The van der Waals surface area contributed by atoms with Crippen LogP contribution < -0.4 is 5.73 Å². The summed E-state index contributed by atoms with van der Waals surface area (Å²) < 4.78 is 1.18. The first-order chi connectivity index (χ1) is 6.65. The van der Waals surface area contributed by atoms with Crippen molar-refractivity contribution in [2.75, 3.05) is 20.6 Å². The van der Waals surface area contributed by atoms with Gasteiger partial charge in [-0.1, -0.05) is 0 Å². The summed E-state index contributed by atoms with van der Waals surface area (Å²) >= 11 is 5.29. The zero-order valence-electron chi connectivity index (χ0n) is 8.66. The van der Waals surface area contributed by atoms with Gasteiger partial charge < -0.3 is 10.6 Å². The topological polar surface area (TPSA) is 29.3 Å². The second-order valence-corrected chi connectivity index (χ2v) is 5.44. The maximum Gasteiger partial charge on any atom is 0.0436 e. The Labute approximate surface area is 98.2 Å². The van der Waals surface area contributed by atoms with Gasteiger partial charge in [0, 0.05) is 20.8 Å². The standard InChI is InChI=1S/C10H17BrN2S/c1-13(2)9(4-3-5-12)10-6-8(11)7-14-10/h6-7,9H,3-5,12H2,1-2H3. The van der Waals surface area contributed by atoms with E-state index in [2.05, 4.69) is 46.4 Å². The highest BCUT2D eigenvalue weighted by Gasteiger charge is 2.14. The molecule has 0 aliphatic heterocycles. The molecule has 1 unspecified atom stereocenters. The van der Waals surface area contributed by atoms with E-state index in [1.807, 2.05) is 11.3 Å². The van der Waals surface area contributed by atoms with Crippen LogP contribution in [0.25, 0.3) is 0 Å². The minimum atomic E-state index is 0.509. The lowest BCUT2D eigenvalue weighted by Gasteiger charge is -2.22. The summed E-state index contributed by atoms with van der Waals surface area (Å²) in [7, 11) is 4.24. The van der Waals surface area contributed by atoms with E-state index in [4.69, 9.17) is 5.73 Å². The van der Waals surface area contributed by atoms with E-state index < -0.39 is 0 Å². The molecule has 0 saturated carbocycles. The van der Waals surface area contributed by atoms with Gasteiger partial charge in [-0.05, 0) is 55.5 Å². The van der Waals surface area contributed by atoms with Crippen LogP contribution in [0.5, 0.6) is 0 Å². The monoisotopic (exact) mass is 276 g/mol. The second kappa shape index (κ2) is 5.85. The zero-order valence-corrected chi connectivity index (χ0v) is 11.1. The van der Waals surface area contributed by atoms with Crippen LogP contribution in [0.3, 0.4) is 0 Å². The molecule has 0 spiro atoms. The molecule has 1 atom stereocenters. The summed E-state index contributed by atoms with van der Waals surface area (Å²) in [6, 6.07) is 2.71. The van der Waals surface area contributed by atoms with Crippen LogP contribution in [0.4, 0.5) is 0 Å². The summed E-state index contributed by atoms with van der Waals surface area (Å²) in [4.78, 5) is 3.67. The number of nitrogens with zero attached hydrogens (tertiary/aromatic N) is 1. The Bertz CT molecular complexity index is 273. The average Bonchev–Trinajstić information content (AvgIpc) is 2.52. The molecule has 2 nitrogen and oxygen atoms in total. The lowest BCUT2D eigenvalue weighted by molar-refractivity contribution is 0.284. The molecule has 2 N–H and O–H groups in total. The molecule has 0 bridgehead atoms. The normalized spacial score (nSPS) is 13.5. The van der Waals surface area contributed by atoms with E-state index in [0.29, 0.717) is 6.04 Å². The third-order valence-electron chi connectivity index (χ3n) is 2.22. The SMILES string of the molecule is CN(C)C(CCCN)c1cc(Br)cs1. The maximum absolute atomic E-state index is 5.54. The van der Waals surface area contributed by atoms with Gasteiger partial charge in [0.2, 0.25) is 0 Å². The maximum atomic E-state index is 5.54. The van der Waals surface area contributed by atoms with Crippen molar-refractivity contribution in [3.05, 3.63) is 20.8 Å². The summed E-state index contributed by atoms with van der Waals surface area (Å²) in [5.74, 6) is 0. The minimum Gasteiger partial charge on any atom is -0.330 e. The summed E-state index contributed by atoms with van der Waals surface area (Å²) in [5, 5.41) is 2.13. The smallest absolute Gasteiger partial charge is 0.0436 e. The van der Waals surface area contributed by atoms with Crippen LogP contribution in [0.15, 0.2) is 15.9 Å². The van der Waals surface area contributed by atoms with Gasteiger partial charge in [-0.15, -0.1) is 11.3 Å². The minimum absolute atomic E-state index is 0.509. The van der Waals surface area contributed by atoms with Gasteiger partial charge in [-0.3, -0.25) is 0 Å². The summed E-state index contributed by atoms with van der Waals surface area (Å²) in [6.07, 6.45) is 2.22. The van der Waals surface area contributed by atoms with E-state index in [1.165, 1.54) is 9.35 Å².